The molecule has 0 unspecified atom stereocenters. The fourth-order valence-corrected chi connectivity index (χ4v) is 5.26. The van der Waals surface area contributed by atoms with Crippen LogP contribution >= 0.6 is 0 Å². The molecule has 2 aliphatic rings. The van der Waals surface area contributed by atoms with Gasteiger partial charge in [-0.15, -0.1) is 0 Å². The lowest BCUT2D eigenvalue weighted by Gasteiger charge is -2.32. The molecule has 0 saturated carbocycles. The van der Waals surface area contributed by atoms with Gasteiger partial charge < -0.3 is 30.6 Å². The van der Waals surface area contributed by atoms with Gasteiger partial charge in [0, 0.05) is 50.6 Å². The first-order valence-electron chi connectivity index (χ1n) is 15.6. The van der Waals surface area contributed by atoms with Crippen LogP contribution in [0.15, 0.2) is 102 Å². The Morgan fingerprint density at radius 3 is 1.83 bits per heavy atom. The maximum atomic E-state index is 12.3. The van der Waals surface area contributed by atoms with Gasteiger partial charge in [0.25, 0.3) is 0 Å². The molecule has 0 radical (unpaired) electrons. The van der Waals surface area contributed by atoms with E-state index in [4.69, 9.17) is 5.11 Å². The van der Waals surface area contributed by atoms with Gasteiger partial charge in [-0.3, -0.25) is 0 Å². The summed E-state index contributed by atoms with van der Waals surface area (Å²) in [6.45, 7) is 9.69. The van der Waals surface area contributed by atoms with Crippen LogP contribution < -0.4 is 15.5 Å². The molecule has 0 atom stereocenters. The number of isocyanates is 1. The van der Waals surface area contributed by atoms with Gasteiger partial charge in [0.2, 0.25) is 6.08 Å². The molecule has 2 heterocycles. The average Bonchev–Trinajstić information content (AvgIpc) is 3.09. The summed E-state index contributed by atoms with van der Waals surface area (Å²) in [5, 5.41) is 24.7. The van der Waals surface area contributed by atoms with E-state index in [9.17, 15) is 14.7 Å². The lowest BCUT2D eigenvalue weighted by molar-refractivity contribution is 0.194. The highest BCUT2D eigenvalue weighted by Crippen LogP contribution is 2.29. The number of phenols is 2. The topological polar surface area (TPSA) is 118 Å². The monoisotopic (exact) mass is 621 g/mol. The van der Waals surface area contributed by atoms with Crippen LogP contribution in [0, 0.1) is 13.8 Å². The van der Waals surface area contributed by atoms with Crippen LogP contribution in [0.4, 0.5) is 21.9 Å². The summed E-state index contributed by atoms with van der Waals surface area (Å²) in [6.07, 6.45) is 3.38. The van der Waals surface area contributed by atoms with Crippen molar-refractivity contribution in [3.05, 3.63) is 114 Å². The summed E-state index contributed by atoms with van der Waals surface area (Å²) >= 11 is 0. The zero-order valence-corrected chi connectivity index (χ0v) is 26.5. The summed E-state index contributed by atoms with van der Waals surface area (Å²) in [5.41, 5.74) is 6.25. The molecule has 2 amide bonds. The number of nitrogens with one attached hydrogen (secondary N) is 2. The number of hydrogen-bond donors (Lipinski definition) is 4. The number of anilines is 2. The molecule has 240 valence electrons. The minimum absolute atomic E-state index is 0.0296. The molecule has 4 N–H and O–H groups in total. The number of carbonyl (C=O) groups is 1. The minimum atomic E-state index is -0.0296. The Hall–Kier alpha value is -5.11. The Balaban J connectivity index is 0.000000175. The van der Waals surface area contributed by atoms with Crippen LogP contribution in [0.3, 0.4) is 0 Å². The van der Waals surface area contributed by atoms with Crippen molar-refractivity contribution in [1.82, 2.24) is 10.2 Å². The van der Waals surface area contributed by atoms with E-state index in [1.807, 2.05) is 79.4 Å². The number of piperazine rings is 1. The zero-order valence-electron chi connectivity index (χ0n) is 26.5. The SMILES string of the molecule is Cc1ccc(N=C=O)cc1.Cc1ccc(NC(=O)N2CCC(c3ccc(O)cc3)CC2)cc1.Oc1ccc(N2CCNCC2)cc1. The van der Waals surface area contributed by atoms with E-state index < -0.39 is 0 Å². The third kappa shape index (κ3) is 10.8. The maximum absolute atomic E-state index is 12.3. The Kier molecular flexibility index (Phi) is 12.8. The normalized spacial score (nSPS) is 14.5. The van der Waals surface area contributed by atoms with Crippen molar-refractivity contribution in [2.75, 3.05) is 49.5 Å². The molecule has 0 bridgehead atoms. The summed E-state index contributed by atoms with van der Waals surface area (Å²) < 4.78 is 0. The lowest BCUT2D eigenvalue weighted by Crippen LogP contribution is -2.43. The quantitative estimate of drug-likeness (QED) is 0.146. The number of likely N-dealkylation sites (tertiary alicyclic amines) is 1. The first kappa shape index (κ1) is 33.8. The fourth-order valence-electron chi connectivity index (χ4n) is 5.26. The number of urea groups is 1. The van der Waals surface area contributed by atoms with Gasteiger partial charge >= 0.3 is 6.03 Å². The number of carbonyl (C=O) groups excluding carboxylic acids is 2. The molecule has 2 fully saturated rings. The molecular formula is C37H43N5O4. The largest absolute Gasteiger partial charge is 0.508 e. The number of nitrogens with zero attached hydrogens (tertiary/aromatic N) is 3. The number of hydrogen-bond acceptors (Lipinski definition) is 7. The van der Waals surface area contributed by atoms with E-state index in [0.717, 1.165) is 63.4 Å². The molecule has 46 heavy (non-hydrogen) atoms. The Labute approximate surface area is 271 Å². The standard InChI is InChI=1S/C19H22N2O2.C10H14N2O.C8H7NO/c1-14-2-6-17(7-3-14)20-19(23)21-12-10-16(11-13-21)15-4-8-18(22)9-5-15;13-10-3-1-9(2-4-10)12-7-5-11-6-8-12;1-7-2-4-8(5-3-7)9-6-10/h2-9,16,22H,10-13H2,1H3,(H,20,23);1-4,11,13H,5-8H2;2-5H,1H3. The van der Waals surface area contributed by atoms with E-state index >= 15 is 0 Å². The van der Waals surface area contributed by atoms with Crippen molar-refractivity contribution in [1.29, 1.82) is 0 Å². The van der Waals surface area contributed by atoms with Crippen LogP contribution in [0.1, 0.15) is 35.4 Å². The third-order valence-electron chi connectivity index (χ3n) is 7.99. The summed E-state index contributed by atoms with van der Waals surface area (Å²) in [5.74, 6) is 1.08. The summed E-state index contributed by atoms with van der Waals surface area (Å²) in [6, 6.07) is 30.0. The second kappa shape index (κ2) is 17.4. The number of aliphatic imine (C=N–C) groups is 1. The number of phenolic OH excluding ortho intramolecular Hbond substituents is 2. The molecule has 9 heteroatoms. The van der Waals surface area contributed by atoms with Crippen LogP contribution in [-0.2, 0) is 4.79 Å². The molecule has 6 rings (SSSR count). The van der Waals surface area contributed by atoms with Gasteiger partial charge in [-0.1, -0.05) is 47.5 Å². The molecule has 2 aliphatic heterocycles. The molecule has 4 aromatic carbocycles. The van der Waals surface area contributed by atoms with Gasteiger partial charge in [0.15, 0.2) is 0 Å². The van der Waals surface area contributed by atoms with E-state index in [2.05, 4.69) is 20.5 Å². The van der Waals surface area contributed by atoms with Crippen molar-refractivity contribution >= 4 is 29.2 Å². The fraction of sp³-hybridized carbons (Fsp3) is 0.297. The van der Waals surface area contributed by atoms with Gasteiger partial charge in [0.1, 0.15) is 11.5 Å². The summed E-state index contributed by atoms with van der Waals surface area (Å²) in [7, 11) is 0. The molecule has 2 saturated heterocycles. The number of aromatic hydroxyl groups is 2. The van der Waals surface area contributed by atoms with E-state index in [1.165, 1.54) is 22.9 Å². The highest BCUT2D eigenvalue weighted by atomic mass is 16.3. The second-order valence-electron chi connectivity index (χ2n) is 11.4. The van der Waals surface area contributed by atoms with E-state index in [1.54, 1.807) is 36.4 Å². The smallest absolute Gasteiger partial charge is 0.321 e. The number of aryl methyl sites for hydroxylation is 2. The number of piperidine rings is 1. The van der Waals surface area contributed by atoms with Crippen molar-refractivity contribution in [3.63, 3.8) is 0 Å². The van der Waals surface area contributed by atoms with Gasteiger partial charge in [-0.05, 0) is 98.8 Å². The van der Waals surface area contributed by atoms with Gasteiger partial charge in [-0.2, -0.15) is 4.99 Å². The Morgan fingerprint density at radius 2 is 1.28 bits per heavy atom. The Morgan fingerprint density at radius 1 is 0.761 bits per heavy atom. The molecule has 9 nitrogen and oxygen atoms in total. The molecule has 0 aliphatic carbocycles. The maximum Gasteiger partial charge on any atom is 0.321 e. The highest BCUT2D eigenvalue weighted by molar-refractivity contribution is 5.89. The number of benzene rings is 4. The second-order valence-corrected chi connectivity index (χ2v) is 11.4. The van der Waals surface area contributed by atoms with Crippen molar-refractivity contribution in [2.24, 2.45) is 4.99 Å². The number of amides is 2. The highest BCUT2D eigenvalue weighted by Gasteiger charge is 2.23. The zero-order chi connectivity index (χ0) is 32.7. The first-order valence-corrected chi connectivity index (χ1v) is 15.6. The molecule has 0 aromatic heterocycles. The van der Waals surface area contributed by atoms with Gasteiger partial charge in [-0.25, -0.2) is 9.59 Å². The van der Waals surface area contributed by atoms with Crippen molar-refractivity contribution in [3.8, 4) is 11.5 Å². The Bertz CT molecular complexity index is 1540. The summed E-state index contributed by atoms with van der Waals surface area (Å²) in [4.78, 5) is 29.7. The lowest BCUT2D eigenvalue weighted by atomic mass is 9.89. The van der Waals surface area contributed by atoms with Crippen LogP contribution in [0.5, 0.6) is 11.5 Å². The predicted octanol–water partition coefficient (Wildman–Crippen LogP) is 6.88. The van der Waals surface area contributed by atoms with Crippen molar-refractivity contribution < 1.29 is 19.8 Å². The van der Waals surface area contributed by atoms with E-state index in [0.29, 0.717) is 23.1 Å². The third-order valence-corrected chi connectivity index (χ3v) is 7.99. The van der Waals surface area contributed by atoms with Crippen LogP contribution in [0.2, 0.25) is 0 Å². The van der Waals surface area contributed by atoms with Crippen LogP contribution in [-0.4, -0.2) is 66.5 Å². The molecule has 4 aromatic rings. The van der Waals surface area contributed by atoms with Gasteiger partial charge in [0.05, 0.1) is 5.69 Å². The predicted molar refractivity (Wildman–Crippen MR) is 184 cm³/mol. The van der Waals surface area contributed by atoms with Crippen LogP contribution in [0.25, 0.3) is 0 Å². The number of rotatable bonds is 4. The first-order chi connectivity index (χ1) is 22.3. The van der Waals surface area contributed by atoms with Crippen molar-refractivity contribution in [2.45, 2.75) is 32.6 Å². The molecule has 0 spiro atoms. The minimum Gasteiger partial charge on any atom is -0.508 e. The molecular weight excluding hydrogens is 578 g/mol. The average molecular weight is 622 g/mol. The van der Waals surface area contributed by atoms with E-state index in [-0.39, 0.29) is 6.03 Å².